The lowest BCUT2D eigenvalue weighted by molar-refractivity contribution is -0.274. The van der Waals surface area contributed by atoms with Crippen LogP contribution in [0.4, 0.5) is 13.2 Å². The summed E-state index contributed by atoms with van der Waals surface area (Å²) in [7, 11) is 3.69. The van der Waals surface area contributed by atoms with Crippen LogP contribution in [0.5, 0.6) is 11.5 Å². The van der Waals surface area contributed by atoms with E-state index in [4.69, 9.17) is 9.72 Å². The lowest BCUT2D eigenvalue weighted by atomic mass is 9.81. The zero-order valence-corrected chi connectivity index (χ0v) is 35.9. The molecular formula is C48H55F3N8O4. The number of nitrogens with one attached hydrogen (secondary N) is 4. The van der Waals surface area contributed by atoms with E-state index in [9.17, 15) is 22.8 Å². The summed E-state index contributed by atoms with van der Waals surface area (Å²) in [5.74, 6) is 3.78. The van der Waals surface area contributed by atoms with Crippen LogP contribution in [0.25, 0.3) is 22.5 Å². The van der Waals surface area contributed by atoms with Gasteiger partial charge in [-0.25, -0.2) is 9.97 Å². The van der Waals surface area contributed by atoms with E-state index < -0.39 is 6.36 Å². The van der Waals surface area contributed by atoms with Gasteiger partial charge in [-0.1, -0.05) is 0 Å². The van der Waals surface area contributed by atoms with Gasteiger partial charge in [0.25, 0.3) is 11.8 Å². The molecule has 6 aromatic rings. The molecule has 15 heteroatoms. The van der Waals surface area contributed by atoms with E-state index in [2.05, 4.69) is 46.5 Å². The summed E-state index contributed by atoms with van der Waals surface area (Å²) in [4.78, 5) is 43.4. The Morgan fingerprint density at radius 1 is 0.730 bits per heavy atom. The molecule has 332 valence electrons. The smallest absolute Gasteiger partial charge is 0.497 e. The molecule has 0 radical (unpaired) electrons. The highest BCUT2D eigenvalue weighted by Gasteiger charge is 2.32. The number of methoxy groups -OCH3 is 1. The first-order valence-electron chi connectivity index (χ1n) is 21.9. The van der Waals surface area contributed by atoms with Crippen LogP contribution in [0, 0.1) is 18.8 Å². The van der Waals surface area contributed by atoms with Gasteiger partial charge < -0.3 is 39.2 Å². The summed E-state index contributed by atoms with van der Waals surface area (Å²) in [6, 6.07) is 17.0. The van der Waals surface area contributed by atoms with Gasteiger partial charge in [0.15, 0.2) is 0 Å². The Kier molecular flexibility index (Phi) is 13.1. The Hall–Kier alpha value is -6.25. The van der Waals surface area contributed by atoms with E-state index in [1.165, 1.54) is 24.3 Å². The number of carbonyl (C=O) groups excluding carboxylic acids is 2. The molecule has 4 heterocycles. The summed E-state index contributed by atoms with van der Waals surface area (Å²) in [5.41, 5.74) is 5.63. The number of benzene rings is 2. The predicted molar refractivity (Wildman–Crippen MR) is 234 cm³/mol. The molecule has 63 heavy (non-hydrogen) atoms. The number of aromatic amines is 2. The quantitative estimate of drug-likeness (QED) is 0.0810. The first kappa shape index (κ1) is 43.4. The molecule has 2 amide bonds. The number of ether oxygens (including phenoxy) is 2. The summed E-state index contributed by atoms with van der Waals surface area (Å²) in [6.45, 7) is 3.69. The molecule has 4 N–H and O–H groups in total. The first-order chi connectivity index (χ1) is 30.4. The SMILES string of the molecule is COc1ccc(-c2[nH]c(CCn3ccnc3C3CCC(CNC(=O)c4cc(C)[nH]c4-c4ccc(OC(F)(F)F)cc4)CC3)cc2C(=O)NCC2CCC(c3nccn3C)CC2)cc1. The number of carbonyl (C=O) groups is 2. The van der Waals surface area contributed by atoms with Crippen molar-refractivity contribution in [1.29, 1.82) is 0 Å². The van der Waals surface area contributed by atoms with Crippen LogP contribution in [-0.4, -0.2) is 67.4 Å². The predicted octanol–water partition coefficient (Wildman–Crippen LogP) is 9.47. The van der Waals surface area contributed by atoms with Crippen LogP contribution in [-0.2, 0) is 20.0 Å². The van der Waals surface area contributed by atoms with Gasteiger partial charge in [0, 0.05) is 81.1 Å². The first-order valence-corrected chi connectivity index (χ1v) is 21.9. The lowest BCUT2D eigenvalue weighted by Gasteiger charge is -2.28. The molecule has 0 spiro atoms. The van der Waals surface area contributed by atoms with E-state index >= 15 is 0 Å². The molecule has 0 unspecified atom stereocenters. The molecule has 4 aromatic heterocycles. The molecule has 2 saturated carbocycles. The molecule has 0 saturated heterocycles. The number of H-pyrrole nitrogens is 2. The minimum atomic E-state index is -4.78. The van der Waals surface area contributed by atoms with Crippen LogP contribution < -0.4 is 20.1 Å². The summed E-state index contributed by atoms with van der Waals surface area (Å²) < 4.78 is 51.7. The van der Waals surface area contributed by atoms with Crippen LogP contribution in [0.2, 0.25) is 0 Å². The summed E-state index contributed by atoms with van der Waals surface area (Å²) in [6.07, 6.45) is 11.7. The second-order valence-corrected chi connectivity index (χ2v) is 17.1. The normalized spacial score (nSPS) is 19.1. The average Bonchev–Trinajstić information content (AvgIpc) is 4.11. The number of alkyl halides is 3. The maximum absolute atomic E-state index is 13.9. The molecule has 0 bridgehead atoms. The number of imidazole rings is 2. The third kappa shape index (κ3) is 10.5. The van der Waals surface area contributed by atoms with E-state index in [0.29, 0.717) is 66.2 Å². The number of hydrogen-bond acceptors (Lipinski definition) is 6. The van der Waals surface area contributed by atoms with Crippen LogP contribution >= 0.6 is 0 Å². The molecule has 12 nitrogen and oxygen atoms in total. The highest BCUT2D eigenvalue weighted by Crippen LogP contribution is 2.37. The third-order valence-electron chi connectivity index (χ3n) is 12.8. The summed E-state index contributed by atoms with van der Waals surface area (Å²) in [5, 5.41) is 6.37. The van der Waals surface area contributed by atoms with Crippen LogP contribution in [0.3, 0.4) is 0 Å². The summed E-state index contributed by atoms with van der Waals surface area (Å²) >= 11 is 0. The van der Waals surface area contributed by atoms with Crippen molar-refractivity contribution in [3.63, 3.8) is 0 Å². The number of aromatic nitrogens is 6. The van der Waals surface area contributed by atoms with Gasteiger partial charge in [-0.2, -0.15) is 0 Å². The van der Waals surface area contributed by atoms with Crippen LogP contribution in [0.1, 0.15) is 107 Å². The van der Waals surface area contributed by atoms with Gasteiger partial charge in [-0.05, 0) is 142 Å². The van der Waals surface area contributed by atoms with Crippen molar-refractivity contribution in [3.8, 4) is 34.0 Å². The Balaban J connectivity index is 0.852. The average molecular weight is 865 g/mol. The molecule has 0 atom stereocenters. The zero-order chi connectivity index (χ0) is 44.1. The molecule has 2 aliphatic rings. The van der Waals surface area contributed by atoms with Gasteiger partial charge in [-0.15, -0.1) is 13.2 Å². The van der Waals surface area contributed by atoms with E-state index in [0.717, 1.165) is 91.4 Å². The minimum Gasteiger partial charge on any atom is -0.497 e. The van der Waals surface area contributed by atoms with E-state index in [1.807, 2.05) is 62.0 Å². The zero-order valence-electron chi connectivity index (χ0n) is 35.9. The topological polar surface area (TPSA) is 144 Å². The van der Waals surface area contributed by atoms with Gasteiger partial charge in [0.05, 0.1) is 29.6 Å². The Morgan fingerprint density at radius 3 is 1.81 bits per heavy atom. The van der Waals surface area contributed by atoms with Crippen molar-refractivity contribution in [3.05, 3.63) is 120 Å². The molecule has 2 aliphatic carbocycles. The van der Waals surface area contributed by atoms with Crippen molar-refractivity contribution in [2.24, 2.45) is 18.9 Å². The highest BCUT2D eigenvalue weighted by atomic mass is 19.4. The maximum Gasteiger partial charge on any atom is 0.573 e. The number of halogens is 3. The second-order valence-electron chi connectivity index (χ2n) is 17.1. The van der Waals surface area contributed by atoms with E-state index in [-0.39, 0.29) is 23.5 Å². The lowest BCUT2D eigenvalue weighted by Crippen LogP contribution is -2.31. The van der Waals surface area contributed by atoms with Crippen molar-refractivity contribution < 1.29 is 32.2 Å². The molecule has 2 fully saturated rings. The highest BCUT2D eigenvalue weighted by molar-refractivity contribution is 6.01. The van der Waals surface area contributed by atoms with Gasteiger partial charge >= 0.3 is 6.36 Å². The van der Waals surface area contributed by atoms with Gasteiger partial charge in [0.2, 0.25) is 0 Å². The monoisotopic (exact) mass is 864 g/mol. The molecular weight excluding hydrogens is 810 g/mol. The number of rotatable bonds is 15. The Bertz CT molecular complexity index is 2470. The third-order valence-corrected chi connectivity index (χ3v) is 12.8. The van der Waals surface area contributed by atoms with Crippen molar-refractivity contribution in [2.75, 3.05) is 20.2 Å². The van der Waals surface area contributed by atoms with Gasteiger partial charge in [-0.3, -0.25) is 9.59 Å². The maximum atomic E-state index is 13.9. The van der Waals surface area contributed by atoms with Crippen LogP contribution in [0.15, 0.2) is 85.5 Å². The number of nitrogens with zero attached hydrogens (tertiary/aromatic N) is 4. The standard InChI is InChI=1S/C48H55F3N8O4/c1-30-26-40(42(56-30)33-14-18-39(19-15-33)63-48(49,50)51)46(60)54-28-32-6-10-36(11-7-32)45-53-22-25-59(45)23-20-37-27-41(43(57-37)34-12-16-38(62-3)17-13-34)47(61)55-29-31-4-8-35(9-5-31)44-52-21-24-58(44)2/h12-19,21-22,24-27,31-32,35-36,56-57H,4-11,20,23,28-29H2,1-3H3,(H,54,60)(H,55,61). The minimum absolute atomic E-state index is 0.0809. The Morgan fingerprint density at radius 2 is 1.25 bits per heavy atom. The number of hydrogen-bond donors (Lipinski definition) is 4. The fourth-order valence-corrected chi connectivity index (χ4v) is 9.42. The molecule has 8 rings (SSSR count). The number of amides is 2. The second kappa shape index (κ2) is 19.0. The molecule has 2 aromatic carbocycles. The fraction of sp³-hybridized carbons (Fsp3) is 0.417. The van der Waals surface area contributed by atoms with E-state index in [1.54, 1.807) is 13.2 Å². The van der Waals surface area contributed by atoms with Crippen molar-refractivity contribution in [1.82, 2.24) is 39.7 Å². The van der Waals surface area contributed by atoms with Crippen molar-refractivity contribution >= 4 is 11.8 Å². The fourth-order valence-electron chi connectivity index (χ4n) is 9.42. The van der Waals surface area contributed by atoms with Crippen molar-refractivity contribution in [2.45, 2.75) is 89.5 Å². The largest absolute Gasteiger partial charge is 0.573 e. The number of aryl methyl sites for hydroxylation is 4. The molecule has 0 aliphatic heterocycles. The Labute approximate surface area is 365 Å². The van der Waals surface area contributed by atoms with Gasteiger partial charge in [0.1, 0.15) is 23.1 Å².